The van der Waals surface area contributed by atoms with Crippen molar-refractivity contribution in [3.63, 3.8) is 0 Å². The van der Waals surface area contributed by atoms with Crippen molar-refractivity contribution in [2.75, 3.05) is 0 Å². The minimum atomic E-state index is -1.78. The summed E-state index contributed by atoms with van der Waals surface area (Å²) in [5.74, 6) is 0.904. The molecule has 0 spiro atoms. The molecule has 5 heteroatoms. The molecule has 1 atom stereocenters. The third kappa shape index (κ3) is 3.64. The van der Waals surface area contributed by atoms with Crippen LogP contribution in [0.1, 0.15) is 34.6 Å². The second-order valence-electron chi connectivity index (χ2n) is 6.28. The molecule has 18 heavy (non-hydrogen) atoms. The predicted octanol–water partition coefficient (Wildman–Crippen LogP) is -0.285. The Hall–Kier alpha value is 0.271. The molecule has 0 N–H and O–H groups in total. The monoisotopic (exact) mass is 276 g/mol. The first-order valence-corrected chi connectivity index (χ1v) is 9.85. The summed E-state index contributed by atoms with van der Waals surface area (Å²) in [5, 5.41) is 0.210. The SMILES string of the molecule is CC1=C(C)C(O[SiH3])C(O[Si](C)(C)C(C)(C)C)=[C-]1.[Li+]. The maximum Gasteiger partial charge on any atom is 1.00 e. The van der Waals surface area contributed by atoms with Crippen LogP contribution in [-0.4, -0.2) is 24.9 Å². The first-order valence-electron chi connectivity index (χ1n) is 6.13. The largest absolute Gasteiger partial charge is 1.00 e. The quantitative estimate of drug-likeness (QED) is 0.521. The van der Waals surface area contributed by atoms with Gasteiger partial charge in [0.05, 0.1) is 0 Å². The first kappa shape index (κ1) is 18.3. The van der Waals surface area contributed by atoms with Crippen molar-refractivity contribution in [3.05, 3.63) is 23.0 Å². The summed E-state index contributed by atoms with van der Waals surface area (Å²) >= 11 is 0. The molecule has 0 heterocycles. The molecule has 0 saturated carbocycles. The van der Waals surface area contributed by atoms with Crippen LogP contribution in [0.15, 0.2) is 16.9 Å². The molecule has 0 fully saturated rings. The topological polar surface area (TPSA) is 18.5 Å². The third-order valence-electron chi connectivity index (χ3n) is 3.94. The minimum absolute atomic E-state index is 0. The number of rotatable bonds is 3. The molecule has 1 aliphatic carbocycles. The van der Waals surface area contributed by atoms with E-state index < -0.39 is 8.32 Å². The van der Waals surface area contributed by atoms with Crippen LogP contribution in [0.2, 0.25) is 18.1 Å². The van der Waals surface area contributed by atoms with Gasteiger partial charge in [-0.15, -0.1) is 6.92 Å². The van der Waals surface area contributed by atoms with Crippen molar-refractivity contribution < 1.29 is 27.7 Å². The van der Waals surface area contributed by atoms with Crippen LogP contribution >= 0.6 is 0 Å². The van der Waals surface area contributed by atoms with Gasteiger partial charge in [0.2, 0.25) is 8.32 Å². The summed E-state index contributed by atoms with van der Waals surface area (Å²) in [4.78, 5) is 0. The summed E-state index contributed by atoms with van der Waals surface area (Å²) in [7, 11) is -1.06. The van der Waals surface area contributed by atoms with E-state index >= 15 is 0 Å². The molecular formula is C13H25LiO2Si2. The summed E-state index contributed by atoms with van der Waals surface area (Å²) < 4.78 is 12.0. The second-order valence-corrected chi connectivity index (χ2v) is 11.5. The zero-order valence-corrected chi connectivity index (χ0v) is 16.4. The van der Waals surface area contributed by atoms with Gasteiger partial charge in [-0.05, 0) is 18.1 Å². The van der Waals surface area contributed by atoms with Crippen LogP contribution in [0, 0.1) is 6.08 Å². The molecule has 98 valence electrons. The van der Waals surface area contributed by atoms with Gasteiger partial charge in [-0.3, -0.25) is 0 Å². The maximum atomic E-state index is 6.31. The fourth-order valence-electron chi connectivity index (χ4n) is 1.53. The first-order chi connectivity index (χ1) is 7.60. The van der Waals surface area contributed by atoms with Gasteiger partial charge in [-0.25, -0.2) is 11.6 Å². The van der Waals surface area contributed by atoms with Crippen LogP contribution in [0.3, 0.4) is 0 Å². The molecule has 0 aromatic rings. The average molecular weight is 276 g/mol. The van der Waals surface area contributed by atoms with E-state index in [1.165, 1.54) is 11.1 Å². The molecule has 1 aliphatic rings. The van der Waals surface area contributed by atoms with Crippen molar-refractivity contribution in [3.8, 4) is 0 Å². The van der Waals surface area contributed by atoms with Crippen LogP contribution in [0.4, 0.5) is 0 Å². The fourth-order valence-corrected chi connectivity index (χ4v) is 3.11. The average Bonchev–Trinajstić information content (AvgIpc) is 2.39. The van der Waals surface area contributed by atoms with Crippen molar-refractivity contribution >= 4 is 18.8 Å². The van der Waals surface area contributed by atoms with E-state index in [2.05, 4.69) is 53.8 Å². The molecule has 0 amide bonds. The van der Waals surface area contributed by atoms with Gasteiger partial charge in [0.1, 0.15) is 10.5 Å². The van der Waals surface area contributed by atoms with Gasteiger partial charge < -0.3 is 8.85 Å². The van der Waals surface area contributed by atoms with Crippen molar-refractivity contribution in [2.24, 2.45) is 0 Å². The van der Waals surface area contributed by atoms with Gasteiger partial charge in [0.15, 0.2) is 0 Å². The summed E-state index contributed by atoms with van der Waals surface area (Å²) in [6.45, 7) is 15.4. The number of hydrogen-bond acceptors (Lipinski definition) is 2. The molecule has 0 radical (unpaired) electrons. The zero-order chi connectivity index (χ0) is 13.4. The molecule has 1 rings (SSSR count). The van der Waals surface area contributed by atoms with E-state index in [1.54, 1.807) is 0 Å². The van der Waals surface area contributed by atoms with Crippen molar-refractivity contribution in [1.29, 1.82) is 0 Å². The standard InChI is InChI=1S/C13H25O2Si2.Li/c1-9-8-11(12(14-16)10(9)2)15-17(6,7)13(3,4)5;/h12H,1-7,16H3;/q-1;+1. The minimum Gasteiger partial charge on any atom is -0.561 e. The Kier molecular flexibility index (Phi) is 6.24. The van der Waals surface area contributed by atoms with Gasteiger partial charge in [0.25, 0.3) is 0 Å². The molecule has 1 unspecified atom stereocenters. The smallest absolute Gasteiger partial charge is 0.561 e. The Labute approximate surface area is 128 Å². The predicted molar refractivity (Wildman–Crippen MR) is 78.2 cm³/mol. The Morgan fingerprint density at radius 3 is 2.11 bits per heavy atom. The molecule has 0 saturated heterocycles. The van der Waals surface area contributed by atoms with Crippen LogP contribution < -0.4 is 18.9 Å². The second kappa shape index (κ2) is 6.15. The Balaban J connectivity index is 0.00000289. The van der Waals surface area contributed by atoms with E-state index in [-0.39, 0.29) is 30.0 Å². The Morgan fingerprint density at radius 2 is 1.72 bits per heavy atom. The van der Waals surface area contributed by atoms with E-state index in [4.69, 9.17) is 8.85 Å². The number of hydrogen-bond donors (Lipinski definition) is 0. The van der Waals surface area contributed by atoms with Crippen molar-refractivity contribution in [2.45, 2.75) is 58.9 Å². The van der Waals surface area contributed by atoms with Crippen LogP contribution in [-0.2, 0) is 8.85 Å². The Morgan fingerprint density at radius 1 is 1.22 bits per heavy atom. The number of allylic oxidation sites excluding steroid dienone is 2. The van der Waals surface area contributed by atoms with E-state index in [1.807, 2.05) is 0 Å². The molecule has 2 nitrogen and oxygen atoms in total. The van der Waals surface area contributed by atoms with Gasteiger partial charge >= 0.3 is 18.9 Å². The van der Waals surface area contributed by atoms with Crippen LogP contribution in [0.25, 0.3) is 0 Å². The molecule has 0 aromatic carbocycles. The normalized spacial score (nSPS) is 20.8. The van der Waals surface area contributed by atoms with Gasteiger partial charge in [0, 0.05) is 11.9 Å². The van der Waals surface area contributed by atoms with E-state index in [0.717, 1.165) is 16.2 Å². The van der Waals surface area contributed by atoms with Crippen LogP contribution in [0.5, 0.6) is 0 Å². The van der Waals surface area contributed by atoms with Gasteiger partial charge in [-0.1, -0.05) is 27.7 Å². The van der Waals surface area contributed by atoms with Gasteiger partial charge in [-0.2, -0.15) is 5.57 Å². The summed E-state index contributed by atoms with van der Waals surface area (Å²) in [5.41, 5.74) is 2.41. The fraction of sp³-hybridized carbons (Fsp3) is 0.692. The Bertz CT molecular complexity index is 368. The summed E-state index contributed by atoms with van der Waals surface area (Å²) in [6, 6.07) is 0. The van der Waals surface area contributed by atoms with E-state index in [0.29, 0.717) is 0 Å². The maximum absolute atomic E-state index is 6.31. The molecule has 0 aromatic heterocycles. The zero-order valence-electron chi connectivity index (χ0n) is 13.4. The van der Waals surface area contributed by atoms with Crippen molar-refractivity contribution in [1.82, 2.24) is 0 Å². The third-order valence-corrected chi connectivity index (χ3v) is 8.75. The molecular weight excluding hydrogens is 251 g/mol. The molecule has 0 bridgehead atoms. The summed E-state index contributed by atoms with van der Waals surface area (Å²) in [6.07, 6.45) is 3.36. The van der Waals surface area contributed by atoms with E-state index in [9.17, 15) is 0 Å². The molecule has 0 aliphatic heterocycles.